The summed E-state index contributed by atoms with van der Waals surface area (Å²) in [6, 6.07) is -3.68. The van der Waals surface area contributed by atoms with Crippen LogP contribution >= 0.6 is 0 Å². The van der Waals surface area contributed by atoms with E-state index in [4.69, 9.17) is 21.7 Å². The van der Waals surface area contributed by atoms with Crippen molar-refractivity contribution < 1.29 is 34.5 Å². The van der Waals surface area contributed by atoms with E-state index in [1.54, 1.807) is 0 Å². The molecule has 0 saturated carbocycles. The molecule has 0 bridgehead atoms. The van der Waals surface area contributed by atoms with Crippen molar-refractivity contribution in [3.8, 4) is 0 Å². The minimum absolute atomic E-state index is 0.364. The number of aliphatic hydroxyl groups excluding tert-OH is 2. The molecular weight excluding hydrogens is 350 g/mol. The zero-order valence-corrected chi connectivity index (χ0v) is 14.3. The van der Waals surface area contributed by atoms with Gasteiger partial charge >= 0.3 is 5.97 Å². The van der Waals surface area contributed by atoms with Gasteiger partial charge in [-0.2, -0.15) is 0 Å². The van der Waals surface area contributed by atoms with Gasteiger partial charge in [-0.05, 0) is 19.4 Å². The van der Waals surface area contributed by atoms with Crippen LogP contribution in [-0.4, -0.2) is 83.4 Å². The van der Waals surface area contributed by atoms with Gasteiger partial charge in [0.25, 0.3) is 0 Å². The van der Waals surface area contributed by atoms with Crippen LogP contribution < -0.4 is 27.4 Å². The number of nitrogens with two attached hydrogens (primary N) is 2. The number of hydrogen-bond donors (Lipinski definition) is 8. The van der Waals surface area contributed by atoms with E-state index in [0.29, 0.717) is 25.8 Å². The summed E-state index contributed by atoms with van der Waals surface area (Å²) in [6.07, 6.45) is 1.70. The first kappa shape index (κ1) is 23.7. The topological polar surface area (TPSA) is 217 Å². The maximum absolute atomic E-state index is 11.9. The van der Waals surface area contributed by atoms with Gasteiger partial charge in [0.2, 0.25) is 17.7 Å². The number of carbonyl (C=O) groups excluding carboxylic acids is 3. The molecule has 0 radical (unpaired) electrons. The summed E-state index contributed by atoms with van der Waals surface area (Å²) in [4.78, 5) is 46.0. The smallest absolute Gasteiger partial charge is 0.328 e. The summed E-state index contributed by atoms with van der Waals surface area (Å²) in [7, 11) is 0. The lowest BCUT2D eigenvalue weighted by Gasteiger charge is -2.19. The van der Waals surface area contributed by atoms with Crippen LogP contribution in [0.25, 0.3) is 0 Å². The Labute approximate surface area is 150 Å². The standard InChI is InChI=1S/C14H27N5O7/c15-4-2-1-3-8(16)12(23)19-9(6-20)13(24)17-5-11(22)18-10(7-21)14(25)26/h8-10,20-21H,1-7,15-16H2,(H,17,24)(H,18,22)(H,19,23)(H,25,26). The number of amides is 3. The molecule has 0 rings (SSSR count). The Morgan fingerprint density at radius 3 is 2.04 bits per heavy atom. The van der Waals surface area contributed by atoms with Crippen LogP contribution in [0.15, 0.2) is 0 Å². The average Bonchev–Trinajstić information content (AvgIpc) is 2.61. The molecule has 150 valence electrons. The van der Waals surface area contributed by atoms with Crippen molar-refractivity contribution in [1.29, 1.82) is 0 Å². The molecule has 0 aliphatic rings. The van der Waals surface area contributed by atoms with Crippen molar-refractivity contribution in [2.24, 2.45) is 11.5 Å². The summed E-state index contributed by atoms with van der Waals surface area (Å²) in [5, 5.41) is 33.1. The summed E-state index contributed by atoms with van der Waals surface area (Å²) in [5.41, 5.74) is 11.0. The zero-order chi connectivity index (χ0) is 20.1. The summed E-state index contributed by atoms with van der Waals surface area (Å²) >= 11 is 0. The molecule has 0 aromatic heterocycles. The lowest BCUT2D eigenvalue weighted by atomic mass is 10.1. The molecule has 10 N–H and O–H groups in total. The van der Waals surface area contributed by atoms with Gasteiger partial charge in [0.1, 0.15) is 12.1 Å². The van der Waals surface area contributed by atoms with Gasteiger partial charge in [0.05, 0.1) is 25.8 Å². The number of aliphatic hydroxyl groups is 2. The zero-order valence-electron chi connectivity index (χ0n) is 14.3. The molecule has 12 heteroatoms. The van der Waals surface area contributed by atoms with Crippen LogP contribution in [-0.2, 0) is 19.2 Å². The second-order valence-electron chi connectivity index (χ2n) is 5.49. The average molecular weight is 377 g/mol. The first-order valence-electron chi connectivity index (χ1n) is 8.04. The molecule has 26 heavy (non-hydrogen) atoms. The lowest BCUT2D eigenvalue weighted by Crippen LogP contribution is -2.55. The lowest BCUT2D eigenvalue weighted by molar-refractivity contribution is -0.142. The fraction of sp³-hybridized carbons (Fsp3) is 0.714. The molecule has 0 fully saturated rings. The van der Waals surface area contributed by atoms with Gasteiger partial charge in [0, 0.05) is 0 Å². The molecule has 0 aliphatic heterocycles. The molecule has 3 amide bonds. The van der Waals surface area contributed by atoms with E-state index in [0.717, 1.165) is 0 Å². The number of nitrogens with one attached hydrogen (secondary N) is 3. The van der Waals surface area contributed by atoms with Crippen LogP contribution in [0.1, 0.15) is 19.3 Å². The molecule has 0 aliphatic carbocycles. The number of unbranched alkanes of at least 4 members (excludes halogenated alkanes) is 1. The van der Waals surface area contributed by atoms with Crippen LogP contribution in [0, 0.1) is 0 Å². The Hall–Kier alpha value is -2.28. The predicted molar refractivity (Wildman–Crippen MR) is 89.6 cm³/mol. The molecule has 3 atom stereocenters. The maximum atomic E-state index is 11.9. The van der Waals surface area contributed by atoms with E-state index in [9.17, 15) is 24.3 Å². The van der Waals surface area contributed by atoms with Crippen molar-refractivity contribution in [1.82, 2.24) is 16.0 Å². The molecule has 0 spiro atoms. The summed E-state index contributed by atoms with van der Waals surface area (Å²) < 4.78 is 0. The Bertz CT molecular complexity index is 488. The third-order valence-electron chi connectivity index (χ3n) is 3.36. The Balaban J connectivity index is 4.41. The number of carboxylic acid groups (broad SMARTS) is 1. The quantitative estimate of drug-likeness (QED) is 0.145. The van der Waals surface area contributed by atoms with Crippen LogP contribution in [0.4, 0.5) is 0 Å². The Morgan fingerprint density at radius 2 is 1.54 bits per heavy atom. The van der Waals surface area contributed by atoms with E-state index in [2.05, 4.69) is 10.6 Å². The molecule has 0 heterocycles. The number of aliphatic carboxylic acids is 1. The van der Waals surface area contributed by atoms with E-state index in [1.165, 1.54) is 0 Å². The van der Waals surface area contributed by atoms with Crippen molar-refractivity contribution in [3.05, 3.63) is 0 Å². The summed E-state index contributed by atoms with van der Waals surface area (Å²) in [5.74, 6) is -3.77. The number of rotatable bonds is 13. The van der Waals surface area contributed by atoms with Crippen molar-refractivity contribution in [2.75, 3.05) is 26.3 Å². The Kier molecular flexibility index (Phi) is 11.9. The monoisotopic (exact) mass is 377 g/mol. The van der Waals surface area contributed by atoms with Crippen molar-refractivity contribution in [3.63, 3.8) is 0 Å². The molecule has 0 aromatic rings. The SMILES string of the molecule is NCCCCC(N)C(=O)NC(CO)C(=O)NCC(=O)NC(CO)C(=O)O. The summed E-state index contributed by atoms with van der Waals surface area (Å²) in [6.45, 7) is -1.66. The van der Waals surface area contributed by atoms with Gasteiger partial charge in [-0.25, -0.2) is 4.79 Å². The second kappa shape index (κ2) is 13.0. The number of carbonyl (C=O) groups is 4. The minimum Gasteiger partial charge on any atom is -0.480 e. The third-order valence-corrected chi connectivity index (χ3v) is 3.36. The highest BCUT2D eigenvalue weighted by molar-refractivity contribution is 5.92. The molecule has 3 unspecified atom stereocenters. The number of carboxylic acids is 1. The fourth-order valence-electron chi connectivity index (χ4n) is 1.83. The van der Waals surface area contributed by atoms with E-state index >= 15 is 0 Å². The van der Waals surface area contributed by atoms with Gasteiger partial charge in [0.15, 0.2) is 0 Å². The molecular formula is C14H27N5O7. The minimum atomic E-state index is -1.50. The number of hydrogen-bond acceptors (Lipinski definition) is 8. The normalized spacial score (nSPS) is 14.0. The highest BCUT2D eigenvalue weighted by Crippen LogP contribution is 1.98. The third kappa shape index (κ3) is 9.27. The molecule has 0 saturated heterocycles. The van der Waals surface area contributed by atoms with Gasteiger partial charge in [-0.1, -0.05) is 6.42 Å². The predicted octanol–water partition coefficient (Wildman–Crippen LogP) is -4.40. The highest BCUT2D eigenvalue weighted by Gasteiger charge is 2.24. The van der Waals surface area contributed by atoms with E-state index in [1.807, 2.05) is 5.32 Å². The van der Waals surface area contributed by atoms with Crippen LogP contribution in [0.5, 0.6) is 0 Å². The van der Waals surface area contributed by atoms with Crippen molar-refractivity contribution >= 4 is 23.7 Å². The van der Waals surface area contributed by atoms with E-state index < -0.39 is 61.6 Å². The van der Waals surface area contributed by atoms with Crippen LogP contribution in [0.2, 0.25) is 0 Å². The maximum Gasteiger partial charge on any atom is 0.328 e. The van der Waals surface area contributed by atoms with Crippen LogP contribution in [0.3, 0.4) is 0 Å². The first-order chi connectivity index (χ1) is 12.3. The van der Waals surface area contributed by atoms with E-state index in [-0.39, 0.29) is 0 Å². The second-order valence-corrected chi connectivity index (χ2v) is 5.49. The van der Waals surface area contributed by atoms with Gasteiger partial charge < -0.3 is 42.7 Å². The van der Waals surface area contributed by atoms with Crippen molar-refractivity contribution in [2.45, 2.75) is 37.4 Å². The largest absolute Gasteiger partial charge is 0.480 e. The fourth-order valence-corrected chi connectivity index (χ4v) is 1.83. The molecule has 0 aromatic carbocycles. The van der Waals surface area contributed by atoms with Gasteiger partial charge in [-0.3, -0.25) is 14.4 Å². The Morgan fingerprint density at radius 1 is 0.923 bits per heavy atom. The van der Waals surface area contributed by atoms with Gasteiger partial charge in [-0.15, -0.1) is 0 Å². The highest BCUT2D eigenvalue weighted by atomic mass is 16.4. The first-order valence-corrected chi connectivity index (χ1v) is 8.04. The molecule has 12 nitrogen and oxygen atoms in total.